The van der Waals surface area contributed by atoms with E-state index in [4.69, 9.17) is 4.42 Å². The maximum Gasteiger partial charge on any atom is 0.122 e. The molecule has 0 amide bonds. The lowest BCUT2D eigenvalue weighted by Gasteiger charge is -2.27. The monoisotopic (exact) mass is 362 g/mol. The zero-order valence-corrected chi connectivity index (χ0v) is 14.6. The summed E-state index contributed by atoms with van der Waals surface area (Å²) in [6, 6.07) is 13.3. The Hall–Kier alpha value is -1.10. The number of nitrogens with one attached hydrogen (secondary N) is 1. The summed E-state index contributed by atoms with van der Waals surface area (Å²) in [5, 5.41) is 3.67. The number of likely N-dealkylation sites (tertiary alicyclic amines) is 1. The van der Waals surface area contributed by atoms with Crippen molar-refractivity contribution < 1.29 is 4.42 Å². The number of rotatable bonds is 6. The van der Waals surface area contributed by atoms with Crippen LogP contribution in [0.5, 0.6) is 0 Å². The molecule has 2 unspecified atom stereocenters. The number of benzene rings is 1. The largest absolute Gasteiger partial charge is 0.468 e. The third kappa shape index (κ3) is 3.80. The van der Waals surface area contributed by atoms with E-state index < -0.39 is 0 Å². The van der Waals surface area contributed by atoms with E-state index >= 15 is 0 Å². The minimum atomic E-state index is 0.327. The Morgan fingerprint density at radius 3 is 2.55 bits per heavy atom. The Balaban J connectivity index is 1.64. The third-order valence-electron chi connectivity index (χ3n) is 4.44. The van der Waals surface area contributed by atoms with Gasteiger partial charge in [0.15, 0.2) is 0 Å². The minimum absolute atomic E-state index is 0.327. The van der Waals surface area contributed by atoms with Crippen molar-refractivity contribution in [3.05, 3.63) is 58.5 Å². The molecule has 1 aliphatic rings. The molecule has 1 aliphatic heterocycles. The van der Waals surface area contributed by atoms with Crippen LogP contribution in [0.15, 0.2) is 51.6 Å². The molecule has 1 aromatic carbocycles. The summed E-state index contributed by atoms with van der Waals surface area (Å²) < 4.78 is 6.79. The molecular weight excluding hydrogens is 340 g/mol. The highest BCUT2D eigenvalue weighted by atomic mass is 79.9. The van der Waals surface area contributed by atoms with Gasteiger partial charge >= 0.3 is 0 Å². The Kier molecular flexibility index (Phi) is 5.34. The smallest absolute Gasteiger partial charge is 0.122 e. The summed E-state index contributed by atoms with van der Waals surface area (Å²) in [7, 11) is 0. The van der Waals surface area contributed by atoms with Gasteiger partial charge in [0.2, 0.25) is 0 Å². The zero-order valence-electron chi connectivity index (χ0n) is 13.0. The highest BCUT2D eigenvalue weighted by Crippen LogP contribution is 2.26. The molecule has 22 heavy (non-hydrogen) atoms. The van der Waals surface area contributed by atoms with Crippen LogP contribution in [0.1, 0.15) is 43.2 Å². The molecule has 3 rings (SSSR count). The lowest BCUT2D eigenvalue weighted by Crippen LogP contribution is -2.35. The molecule has 1 N–H and O–H groups in total. The molecular formula is C18H23BrN2O. The van der Waals surface area contributed by atoms with E-state index in [1.165, 1.54) is 31.5 Å². The maximum atomic E-state index is 5.67. The summed E-state index contributed by atoms with van der Waals surface area (Å²) in [6.07, 6.45) is 4.36. The lowest BCUT2D eigenvalue weighted by molar-refractivity contribution is 0.205. The molecule has 1 fully saturated rings. The Morgan fingerprint density at radius 1 is 1.18 bits per heavy atom. The first-order chi connectivity index (χ1) is 10.7. The molecule has 2 atom stereocenters. The molecule has 0 saturated carbocycles. The van der Waals surface area contributed by atoms with Crippen molar-refractivity contribution in [3.63, 3.8) is 0 Å². The second-order valence-electron chi connectivity index (χ2n) is 5.96. The second-order valence-corrected chi connectivity index (χ2v) is 6.87. The maximum absolute atomic E-state index is 5.67. The van der Waals surface area contributed by atoms with Crippen LogP contribution in [-0.4, -0.2) is 24.5 Å². The van der Waals surface area contributed by atoms with Crippen LogP contribution >= 0.6 is 15.9 Å². The number of hydrogen-bond donors (Lipinski definition) is 1. The Morgan fingerprint density at radius 2 is 1.91 bits per heavy atom. The average Bonchev–Trinajstić information content (AvgIpc) is 3.22. The van der Waals surface area contributed by atoms with Crippen LogP contribution in [-0.2, 0) is 0 Å². The topological polar surface area (TPSA) is 28.4 Å². The van der Waals surface area contributed by atoms with Crippen molar-refractivity contribution in [1.29, 1.82) is 0 Å². The molecule has 2 aromatic rings. The van der Waals surface area contributed by atoms with E-state index in [0.29, 0.717) is 12.1 Å². The van der Waals surface area contributed by atoms with Crippen molar-refractivity contribution in [1.82, 2.24) is 10.2 Å². The van der Waals surface area contributed by atoms with Gasteiger partial charge in [-0.15, -0.1) is 0 Å². The van der Waals surface area contributed by atoms with Gasteiger partial charge in [-0.3, -0.25) is 4.90 Å². The van der Waals surface area contributed by atoms with Gasteiger partial charge in [0, 0.05) is 17.1 Å². The molecule has 1 saturated heterocycles. The SMILES string of the molecule is CC(NCC(c1ccco1)N1CCCC1)c1ccc(Br)cc1. The van der Waals surface area contributed by atoms with Crippen LogP contribution in [0.4, 0.5) is 0 Å². The molecule has 0 spiro atoms. The summed E-state index contributed by atoms with van der Waals surface area (Å²) in [4.78, 5) is 2.53. The van der Waals surface area contributed by atoms with E-state index in [0.717, 1.165) is 16.8 Å². The highest BCUT2D eigenvalue weighted by Gasteiger charge is 2.25. The average molecular weight is 363 g/mol. The molecule has 0 radical (unpaired) electrons. The highest BCUT2D eigenvalue weighted by molar-refractivity contribution is 9.10. The van der Waals surface area contributed by atoms with Gasteiger partial charge in [-0.05, 0) is 62.7 Å². The number of nitrogens with zero attached hydrogens (tertiary/aromatic N) is 1. The van der Waals surface area contributed by atoms with Crippen molar-refractivity contribution in [3.8, 4) is 0 Å². The van der Waals surface area contributed by atoms with Gasteiger partial charge in [0.1, 0.15) is 5.76 Å². The van der Waals surface area contributed by atoms with Crippen LogP contribution in [0.25, 0.3) is 0 Å². The van der Waals surface area contributed by atoms with Crippen molar-refractivity contribution >= 4 is 15.9 Å². The molecule has 0 aliphatic carbocycles. The summed E-state index contributed by atoms with van der Waals surface area (Å²) in [6.45, 7) is 5.45. The fourth-order valence-corrected chi connectivity index (χ4v) is 3.37. The summed E-state index contributed by atoms with van der Waals surface area (Å²) in [5.41, 5.74) is 1.31. The zero-order chi connectivity index (χ0) is 15.4. The van der Waals surface area contributed by atoms with Crippen LogP contribution in [0.2, 0.25) is 0 Å². The Bertz CT molecular complexity index is 561. The fraction of sp³-hybridized carbons (Fsp3) is 0.444. The van der Waals surface area contributed by atoms with Crippen molar-refractivity contribution in [2.75, 3.05) is 19.6 Å². The van der Waals surface area contributed by atoms with Crippen LogP contribution < -0.4 is 5.32 Å². The second kappa shape index (κ2) is 7.44. The molecule has 118 valence electrons. The van der Waals surface area contributed by atoms with E-state index in [2.05, 4.69) is 63.4 Å². The predicted molar refractivity (Wildman–Crippen MR) is 92.8 cm³/mol. The predicted octanol–water partition coefficient (Wildman–Crippen LogP) is 4.53. The van der Waals surface area contributed by atoms with Gasteiger partial charge in [0.05, 0.1) is 12.3 Å². The molecule has 2 heterocycles. The fourth-order valence-electron chi connectivity index (χ4n) is 3.10. The third-order valence-corrected chi connectivity index (χ3v) is 4.97. The standard InChI is InChI=1S/C18H23BrN2O/c1-14(15-6-8-16(19)9-7-15)20-13-17(18-5-4-12-22-18)21-10-2-3-11-21/h4-9,12,14,17,20H,2-3,10-11,13H2,1H3. The van der Waals surface area contributed by atoms with Gasteiger partial charge in [0.25, 0.3) is 0 Å². The van der Waals surface area contributed by atoms with Gasteiger partial charge < -0.3 is 9.73 Å². The molecule has 0 bridgehead atoms. The van der Waals surface area contributed by atoms with E-state index in [-0.39, 0.29) is 0 Å². The number of halogens is 1. The molecule has 1 aromatic heterocycles. The number of furan rings is 1. The normalized spacial score (nSPS) is 18.5. The first-order valence-corrected chi connectivity index (χ1v) is 8.79. The molecule has 4 heteroatoms. The van der Waals surface area contributed by atoms with Crippen LogP contribution in [0, 0.1) is 0 Å². The van der Waals surface area contributed by atoms with Gasteiger partial charge in [-0.1, -0.05) is 28.1 Å². The lowest BCUT2D eigenvalue weighted by atomic mass is 10.1. The summed E-state index contributed by atoms with van der Waals surface area (Å²) in [5.74, 6) is 1.07. The first-order valence-electron chi connectivity index (χ1n) is 8.00. The van der Waals surface area contributed by atoms with Gasteiger partial charge in [-0.2, -0.15) is 0 Å². The Labute approximate surface area is 140 Å². The quantitative estimate of drug-likeness (QED) is 0.818. The van der Waals surface area contributed by atoms with Crippen molar-refractivity contribution in [2.45, 2.75) is 31.8 Å². The van der Waals surface area contributed by atoms with E-state index in [1.54, 1.807) is 6.26 Å². The van der Waals surface area contributed by atoms with E-state index in [1.807, 2.05) is 6.07 Å². The van der Waals surface area contributed by atoms with Gasteiger partial charge in [-0.25, -0.2) is 0 Å². The van der Waals surface area contributed by atoms with Crippen LogP contribution in [0.3, 0.4) is 0 Å². The minimum Gasteiger partial charge on any atom is -0.468 e. The molecule has 3 nitrogen and oxygen atoms in total. The summed E-state index contributed by atoms with van der Waals surface area (Å²) >= 11 is 3.49. The number of hydrogen-bond acceptors (Lipinski definition) is 3. The van der Waals surface area contributed by atoms with Crippen molar-refractivity contribution in [2.24, 2.45) is 0 Å². The first kappa shape index (κ1) is 15.8. The van der Waals surface area contributed by atoms with E-state index in [9.17, 15) is 0 Å².